The zero-order valence-electron chi connectivity index (χ0n) is 40.5. The quantitative estimate of drug-likeness (QED) is 0.167. The summed E-state index contributed by atoms with van der Waals surface area (Å²) in [7, 11) is 0. The van der Waals surface area contributed by atoms with E-state index in [9.17, 15) is 0 Å². The Morgan fingerprint density at radius 2 is 0.507 bits per heavy atom. The molecule has 0 atom stereocenters. The van der Waals surface area contributed by atoms with Gasteiger partial charge in [0.1, 0.15) is 0 Å². The fraction of sp³-hybridized carbons (Fsp3) is 0.0448. The third-order valence-electron chi connectivity index (χ3n) is 15.1. The maximum atomic E-state index is 5.67. The molecule has 6 heterocycles. The molecule has 0 saturated heterocycles. The molecular weight excluding hydrogens is 889 g/mol. The highest BCUT2D eigenvalue weighted by molar-refractivity contribution is 6.18. The van der Waals surface area contributed by atoms with Crippen LogP contribution in [-0.4, -0.2) is 28.2 Å². The monoisotopic (exact) mass is 934 g/mol. The Morgan fingerprint density at radius 1 is 0.247 bits per heavy atom. The second kappa shape index (κ2) is 15.7. The molecule has 0 fully saturated rings. The lowest BCUT2D eigenvalue weighted by atomic mass is 9.91. The van der Waals surface area contributed by atoms with Gasteiger partial charge in [0.05, 0.1) is 78.1 Å². The summed E-state index contributed by atoms with van der Waals surface area (Å²) in [6.45, 7) is 6.37. The third-order valence-corrected chi connectivity index (χ3v) is 15.1. The largest absolute Gasteiger partial charge is 0.306 e. The van der Waals surface area contributed by atoms with Crippen LogP contribution in [0.1, 0.15) is 17.1 Å². The maximum absolute atomic E-state index is 5.67. The highest BCUT2D eigenvalue weighted by Gasteiger charge is 2.36. The predicted octanol–water partition coefficient (Wildman–Crippen LogP) is 17.1. The van der Waals surface area contributed by atoms with Gasteiger partial charge in [-0.1, -0.05) is 152 Å². The van der Waals surface area contributed by atoms with Crippen LogP contribution in [0.3, 0.4) is 0 Å². The minimum Gasteiger partial charge on any atom is -0.306 e. The highest BCUT2D eigenvalue weighted by Crippen LogP contribution is 2.54. The number of fused-ring (bicyclic) bond motifs is 12. The first-order valence-electron chi connectivity index (χ1n) is 25.1. The van der Waals surface area contributed by atoms with Crippen molar-refractivity contribution in [1.29, 1.82) is 0 Å². The van der Waals surface area contributed by atoms with Crippen LogP contribution < -0.4 is 0 Å². The molecule has 0 aliphatic carbocycles. The normalized spacial score (nSPS) is 12.0. The Balaban J connectivity index is 1.36. The fourth-order valence-electron chi connectivity index (χ4n) is 12.4. The number of aryl methyl sites for hydroxylation is 3. The molecule has 0 amide bonds. The minimum absolute atomic E-state index is 0.867. The lowest BCUT2D eigenvalue weighted by Crippen LogP contribution is -2.16. The SMILES string of the molecule is Cc1cc(-c2c(-n3c4ccccc4c4ccccc43)c(-n3c4ccccc4c4ccccc43)c(-c3cccc(C)n3)c(-n3c4ccccc4c4ccccc43)c2-n2c3ccccc3c3ccccc32)cc(C)n1. The van der Waals surface area contributed by atoms with E-state index in [-0.39, 0.29) is 0 Å². The number of hydrogen-bond acceptors (Lipinski definition) is 2. The first-order valence-corrected chi connectivity index (χ1v) is 25.1. The van der Waals surface area contributed by atoms with E-state index in [0.717, 1.165) is 106 Å². The molecule has 15 rings (SSSR count). The summed E-state index contributed by atoms with van der Waals surface area (Å²) in [6, 6.07) is 82.4. The van der Waals surface area contributed by atoms with Gasteiger partial charge in [-0.2, -0.15) is 0 Å². The van der Waals surface area contributed by atoms with E-state index in [0.29, 0.717) is 0 Å². The van der Waals surface area contributed by atoms with Crippen LogP contribution in [0.2, 0.25) is 0 Å². The van der Waals surface area contributed by atoms with Crippen molar-refractivity contribution in [2.45, 2.75) is 20.8 Å². The molecule has 9 aromatic carbocycles. The van der Waals surface area contributed by atoms with E-state index >= 15 is 0 Å². The molecule has 0 N–H and O–H groups in total. The minimum atomic E-state index is 0.867. The third kappa shape index (κ3) is 5.92. The maximum Gasteiger partial charge on any atom is 0.0827 e. The average molecular weight is 935 g/mol. The summed E-state index contributed by atoms with van der Waals surface area (Å²) in [6.07, 6.45) is 0. The molecule has 15 aromatic rings. The Labute approximate surface area is 420 Å². The van der Waals surface area contributed by atoms with Gasteiger partial charge in [-0.05, 0) is 99.1 Å². The Kier molecular flexibility index (Phi) is 8.90. The molecule has 6 nitrogen and oxygen atoms in total. The van der Waals surface area contributed by atoms with Crippen molar-refractivity contribution in [3.05, 3.63) is 242 Å². The second-order valence-electron chi connectivity index (χ2n) is 19.4. The van der Waals surface area contributed by atoms with Crippen molar-refractivity contribution in [3.8, 4) is 45.1 Å². The number of para-hydroxylation sites is 8. The summed E-state index contributed by atoms with van der Waals surface area (Å²) >= 11 is 0. The van der Waals surface area contributed by atoms with E-state index in [1.165, 1.54) is 43.1 Å². The molecule has 73 heavy (non-hydrogen) atoms. The zero-order valence-corrected chi connectivity index (χ0v) is 40.5. The number of pyridine rings is 2. The van der Waals surface area contributed by atoms with Crippen molar-refractivity contribution in [2.24, 2.45) is 0 Å². The second-order valence-corrected chi connectivity index (χ2v) is 19.4. The van der Waals surface area contributed by atoms with Crippen LogP contribution >= 0.6 is 0 Å². The standard InChI is InChI=1S/C67H46N6/c1-41-21-20-30-53(69-41)63-66(72-58-35-16-8-26-49(58)50-27-9-17-36-59(50)72)64(70-54-31-12-4-22-45(54)46-23-5-13-32-55(46)70)62(44-39-42(2)68-43(3)40-44)65(71-56-33-14-6-24-47(56)48-25-7-15-34-57(48)71)67(63)73-60-37-18-10-28-51(60)52-29-11-19-38-61(52)73/h4-40H,1-3H3. The molecule has 0 unspecified atom stereocenters. The van der Waals surface area contributed by atoms with Crippen molar-refractivity contribution >= 4 is 87.2 Å². The fourth-order valence-corrected chi connectivity index (χ4v) is 12.4. The number of hydrogen-bond donors (Lipinski definition) is 0. The van der Waals surface area contributed by atoms with Crippen LogP contribution in [0.5, 0.6) is 0 Å². The van der Waals surface area contributed by atoms with Crippen molar-refractivity contribution < 1.29 is 0 Å². The summed E-state index contributed by atoms with van der Waals surface area (Å²) in [5, 5.41) is 9.43. The summed E-state index contributed by atoms with van der Waals surface area (Å²) in [5.74, 6) is 0. The Bertz CT molecular complexity index is 4300. The van der Waals surface area contributed by atoms with Crippen LogP contribution in [0.4, 0.5) is 0 Å². The molecule has 0 bridgehead atoms. The van der Waals surface area contributed by atoms with Gasteiger partial charge in [0, 0.05) is 65.7 Å². The Morgan fingerprint density at radius 3 is 0.781 bits per heavy atom. The number of rotatable bonds is 6. The molecule has 6 heteroatoms. The van der Waals surface area contributed by atoms with E-state index in [4.69, 9.17) is 9.97 Å². The molecule has 0 radical (unpaired) electrons. The average Bonchev–Trinajstić information content (AvgIpc) is 4.16. The number of nitrogens with zero attached hydrogens (tertiary/aromatic N) is 6. The number of benzene rings is 9. The van der Waals surface area contributed by atoms with Gasteiger partial charge in [-0.15, -0.1) is 0 Å². The molecule has 344 valence electrons. The van der Waals surface area contributed by atoms with E-state index < -0.39 is 0 Å². The van der Waals surface area contributed by atoms with Gasteiger partial charge in [-0.3, -0.25) is 9.97 Å². The molecule has 0 aliphatic heterocycles. The van der Waals surface area contributed by atoms with Gasteiger partial charge in [0.2, 0.25) is 0 Å². The van der Waals surface area contributed by atoms with Crippen LogP contribution in [0.15, 0.2) is 224 Å². The summed E-state index contributed by atoms with van der Waals surface area (Å²) in [5.41, 5.74) is 19.8. The van der Waals surface area contributed by atoms with Crippen molar-refractivity contribution in [3.63, 3.8) is 0 Å². The lowest BCUT2D eigenvalue weighted by molar-refractivity contribution is 1.04. The lowest BCUT2D eigenvalue weighted by Gasteiger charge is -2.31. The molecule has 6 aromatic heterocycles. The van der Waals surface area contributed by atoms with Gasteiger partial charge < -0.3 is 18.3 Å². The molecular formula is C67H46N6. The van der Waals surface area contributed by atoms with E-state index in [2.05, 4.69) is 263 Å². The van der Waals surface area contributed by atoms with Crippen molar-refractivity contribution in [2.75, 3.05) is 0 Å². The van der Waals surface area contributed by atoms with Gasteiger partial charge in [-0.25, -0.2) is 0 Å². The topological polar surface area (TPSA) is 45.5 Å². The molecule has 0 spiro atoms. The highest BCUT2D eigenvalue weighted by atomic mass is 15.1. The smallest absolute Gasteiger partial charge is 0.0827 e. The van der Waals surface area contributed by atoms with Crippen molar-refractivity contribution in [1.82, 2.24) is 28.2 Å². The predicted molar refractivity (Wildman–Crippen MR) is 304 cm³/mol. The molecule has 0 aliphatic rings. The number of aromatic nitrogens is 6. The van der Waals surface area contributed by atoms with E-state index in [1.54, 1.807) is 0 Å². The first-order chi connectivity index (χ1) is 36.0. The van der Waals surface area contributed by atoms with Gasteiger partial charge >= 0.3 is 0 Å². The summed E-state index contributed by atoms with van der Waals surface area (Å²) in [4.78, 5) is 10.8. The van der Waals surface area contributed by atoms with Crippen LogP contribution in [-0.2, 0) is 0 Å². The Hall–Kier alpha value is -9.52. The van der Waals surface area contributed by atoms with Crippen LogP contribution in [0, 0.1) is 20.8 Å². The zero-order chi connectivity index (χ0) is 48.5. The van der Waals surface area contributed by atoms with Gasteiger partial charge in [0.25, 0.3) is 0 Å². The van der Waals surface area contributed by atoms with E-state index in [1.807, 2.05) is 0 Å². The summed E-state index contributed by atoms with van der Waals surface area (Å²) < 4.78 is 10.2. The molecule has 0 saturated carbocycles. The van der Waals surface area contributed by atoms with Gasteiger partial charge in [0.15, 0.2) is 0 Å². The van der Waals surface area contributed by atoms with Crippen LogP contribution in [0.25, 0.3) is 132 Å². The first kappa shape index (κ1) is 41.3.